The van der Waals surface area contributed by atoms with E-state index in [1.54, 1.807) is 48.7 Å². The first-order valence-corrected chi connectivity index (χ1v) is 12.0. The van der Waals surface area contributed by atoms with Gasteiger partial charge in [-0.1, -0.05) is 35.9 Å². The molecule has 2 heterocycles. The van der Waals surface area contributed by atoms with Crippen LogP contribution in [0.4, 0.5) is 4.39 Å². The van der Waals surface area contributed by atoms with Crippen LogP contribution in [0.15, 0.2) is 77.8 Å². The summed E-state index contributed by atoms with van der Waals surface area (Å²) >= 11 is 0. The quantitative estimate of drug-likeness (QED) is 0.571. The van der Waals surface area contributed by atoms with Gasteiger partial charge < -0.3 is 5.48 Å². The standard InChI is InChI=1S/C25H24FN3O2S.H2O/c1-19-5-11-23(12-6-19)32(30,31)29-16-13-21(14-17-29)25(18-27,24-4-2-3-15-28-24)20-7-9-22(26)10-8-20;/h2-12,15,21H,13-14,16-17H2,1H3;1H2. The maximum absolute atomic E-state index is 13.6. The molecular weight excluding hydrogens is 441 g/mol. The third-order valence-electron chi connectivity index (χ3n) is 6.27. The van der Waals surface area contributed by atoms with Gasteiger partial charge in [0.05, 0.1) is 16.7 Å². The number of hydrogen-bond acceptors (Lipinski definition) is 4. The van der Waals surface area contributed by atoms with Crippen LogP contribution in [0.1, 0.15) is 29.7 Å². The summed E-state index contributed by atoms with van der Waals surface area (Å²) in [5, 5.41) is 10.4. The normalized spacial score (nSPS) is 16.9. The van der Waals surface area contributed by atoms with Gasteiger partial charge in [-0.3, -0.25) is 4.98 Å². The predicted octanol–water partition coefficient (Wildman–Crippen LogP) is 3.62. The number of nitrogens with zero attached hydrogens (tertiary/aromatic N) is 3. The van der Waals surface area contributed by atoms with Gasteiger partial charge >= 0.3 is 0 Å². The summed E-state index contributed by atoms with van der Waals surface area (Å²) in [6.07, 6.45) is 2.63. The Labute approximate surface area is 193 Å². The molecule has 0 aliphatic carbocycles. The molecule has 172 valence electrons. The van der Waals surface area contributed by atoms with Gasteiger partial charge in [0.25, 0.3) is 0 Å². The highest BCUT2D eigenvalue weighted by atomic mass is 32.2. The fourth-order valence-electron chi connectivity index (χ4n) is 4.50. The van der Waals surface area contributed by atoms with E-state index in [2.05, 4.69) is 11.1 Å². The van der Waals surface area contributed by atoms with E-state index in [0.29, 0.717) is 37.2 Å². The van der Waals surface area contributed by atoms with Gasteiger partial charge in [-0.05, 0) is 67.6 Å². The molecule has 1 aromatic heterocycles. The molecule has 0 saturated carbocycles. The molecule has 1 unspecified atom stereocenters. The molecule has 0 spiro atoms. The second-order valence-electron chi connectivity index (χ2n) is 8.13. The van der Waals surface area contributed by atoms with Crippen molar-refractivity contribution in [3.63, 3.8) is 0 Å². The van der Waals surface area contributed by atoms with E-state index in [4.69, 9.17) is 0 Å². The number of nitriles is 1. The van der Waals surface area contributed by atoms with Crippen LogP contribution < -0.4 is 0 Å². The van der Waals surface area contributed by atoms with Gasteiger partial charge in [-0.15, -0.1) is 0 Å². The smallest absolute Gasteiger partial charge is 0.243 e. The number of halogens is 1. The molecule has 1 atom stereocenters. The molecule has 0 bridgehead atoms. The number of rotatable bonds is 5. The summed E-state index contributed by atoms with van der Waals surface area (Å²) in [6.45, 7) is 2.52. The van der Waals surface area contributed by atoms with Crippen LogP contribution in [0.2, 0.25) is 0 Å². The molecule has 2 N–H and O–H groups in total. The number of sulfonamides is 1. The summed E-state index contributed by atoms with van der Waals surface area (Å²) < 4.78 is 41.3. The minimum atomic E-state index is -3.60. The lowest BCUT2D eigenvalue weighted by molar-refractivity contribution is 0.227. The zero-order valence-corrected chi connectivity index (χ0v) is 19.1. The molecule has 1 saturated heterocycles. The van der Waals surface area contributed by atoms with Crippen molar-refractivity contribution in [1.29, 1.82) is 5.26 Å². The van der Waals surface area contributed by atoms with E-state index in [1.165, 1.54) is 16.4 Å². The maximum atomic E-state index is 13.6. The van der Waals surface area contributed by atoms with Gasteiger partial charge in [0.15, 0.2) is 0 Å². The molecule has 8 heteroatoms. The lowest BCUT2D eigenvalue weighted by Gasteiger charge is -2.40. The fraction of sp³-hybridized carbons (Fsp3) is 0.280. The predicted molar refractivity (Wildman–Crippen MR) is 123 cm³/mol. The van der Waals surface area contributed by atoms with Crippen molar-refractivity contribution in [2.24, 2.45) is 5.92 Å². The summed E-state index contributed by atoms with van der Waals surface area (Å²) in [6, 6.07) is 20.7. The van der Waals surface area contributed by atoms with Crippen LogP contribution >= 0.6 is 0 Å². The first kappa shape index (κ1) is 24.5. The molecular formula is C25H26FN3O3S. The molecule has 4 rings (SSSR count). The van der Waals surface area contributed by atoms with Crippen molar-refractivity contribution in [3.05, 3.63) is 95.6 Å². The van der Waals surface area contributed by atoms with Crippen molar-refractivity contribution < 1.29 is 18.3 Å². The highest BCUT2D eigenvalue weighted by molar-refractivity contribution is 7.89. The highest BCUT2D eigenvalue weighted by Crippen LogP contribution is 2.43. The maximum Gasteiger partial charge on any atom is 0.243 e. The third kappa shape index (κ3) is 4.53. The molecule has 33 heavy (non-hydrogen) atoms. The number of benzene rings is 2. The molecule has 6 nitrogen and oxygen atoms in total. The van der Waals surface area contributed by atoms with Crippen LogP contribution in [0, 0.1) is 30.0 Å². The lowest BCUT2D eigenvalue weighted by Crippen LogP contribution is -2.45. The van der Waals surface area contributed by atoms with Gasteiger partial charge in [0.2, 0.25) is 10.0 Å². The number of aromatic nitrogens is 1. The molecule has 1 fully saturated rings. The SMILES string of the molecule is Cc1ccc(S(=O)(=O)N2CCC(C(C#N)(c3ccc(F)cc3)c3ccccn3)CC2)cc1.O. The second-order valence-corrected chi connectivity index (χ2v) is 10.1. The van der Waals surface area contributed by atoms with E-state index in [1.807, 2.05) is 19.1 Å². The minimum absolute atomic E-state index is 0. The van der Waals surface area contributed by atoms with Crippen LogP contribution in [0.5, 0.6) is 0 Å². The number of aryl methyl sites for hydroxylation is 1. The molecule has 2 aromatic carbocycles. The van der Waals surface area contributed by atoms with Gasteiger partial charge in [-0.25, -0.2) is 12.8 Å². The van der Waals surface area contributed by atoms with Gasteiger partial charge in [-0.2, -0.15) is 9.57 Å². The van der Waals surface area contributed by atoms with Gasteiger partial charge in [0.1, 0.15) is 11.2 Å². The van der Waals surface area contributed by atoms with Crippen molar-refractivity contribution in [2.45, 2.75) is 30.1 Å². The van der Waals surface area contributed by atoms with E-state index >= 15 is 0 Å². The van der Waals surface area contributed by atoms with Crippen molar-refractivity contribution >= 4 is 10.0 Å². The Kier molecular flexibility index (Phi) is 7.28. The number of pyridine rings is 1. The Morgan fingerprint density at radius 3 is 2.21 bits per heavy atom. The molecule has 0 radical (unpaired) electrons. The Morgan fingerprint density at radius 2 is 1.67 bits per heavy atom. The average molecular weight is 468 g/mol. The average Bonchev–Trinajstić information content (AvgIpc) is 2.82. The summed E-state index contributed by atoms with van der Waals surface area (Å²) in [7, 11) is -3.60. The first-order chi connectivity index (χ1) is 15.4. The van der Waals surface area contributed by atoms with E-state index in [-0.39, 0.29) is 22.1 Å². The zero-order chi connectivity index (χ0) is 22.8. The topological polar surface area (TPSA) is 106 Å². The Morgan fingerprint density at radius 1 is 1.03 bits per heavy atom. The third-order valence-corrected chi connectivity index (χ3v) is 8.18. The Balaban J connectivity index is 0.00000306. The molecule has 0 amide bonds. The largest absolute Gasteiger partial charge is 0.412 e. The summed E-state index contributed by atoms with van der Waals surface area (Å²) in [5.41, 5.74) is 1.17. The van der Waals surface area contributed by atoms with Crippen LogP contribution in [0.25, 0.3) is 0 Å². The van der Waals surface area contributed by atoms with Crippen molar-refractivity contribution in [3.8, 4) is 6.07 Å². The van der Waals surface area contributed by atoms with Crippen LogP contribution in [0.3, 0.4) is 0 Å². The Bertz CT molecular complexity index is 1220. The lowest BCUT2D eigenvalue weighted by atomic mass is 9.65. The monoisotopic (exact) mass is 467 g/mol. The minimum Gasteiger partial charge on any atom is -0.412 e. The Hall–Kier alpha value is -3.12. The van der Waals surface area contributed by atoms with Crippen molar-refractivity contribution in [2.75, 3.05) is 13.1 Å². The fourth-order valence-corrected chi connectivity index (χ4v) is 5.97. The molecule has 1 aliphatic rings. The first-order valence-electron chi connectivity index (χ1n) is 10.5. The molecule has 3 aromatic rings. The summed E-state index contributed by atoms with van der Waals surface area (Å²) in [4.78, 5) is 4.75. The highest BCUT2D eigenvalue weighted by Gasteiger charge is 2.46. The van der Waals surface area contributed by atoms with Crippen LogP contribution in [-0.4, -0.2) is 36.3 Å². The van der Waals surface area contributed by atoms with E-state index in [0.717, 1.165) is 5.56 Å². The summed E-state index contributed by atoms with van der Waals surface area (Å²) in [5.74, 6) is -0.544. The number of hydrogen-bond donors (Lipinski definition) is 0. The van der Waals surface area contributed by atoms with Crippen molar-refractivity contribution in [1.82, 2.24) is 9.29 Å². The zero-order valence-electron chi connectivity index (χ0n) is 18.3. The molecule has 1 aliphatic heterocycles. The van der Waals surface area contributed by atoms with Crippen LogP contribution in [-0.2, 0) is 15.4 Å². The number of piperidine rings is 1. The van der Waals surface area contributed by atoms with E-state index in [9.17, 15) is 18.1 Å². The van der Waals surface area contributed by atoms with E-state index < -0.39 is 15.4 Å². The van der Waals surface area contributed by atoms with Gasteiger partial charge in [0, 0.05) is 19.3 Å². The second kappa shape index (κ2) is 9.79.